The molecule has 19 heavy (non-hydrogen) atoms. The molecular weight excluding hydrogens is 247 g/mol. The van der Waals surface area contributed by atoms with Gasteiger partial charge in [0.05, 0.1) is 6.61 Å². The zero-order valence-corrected chi connectivity index (χ0v) is 11.3. The molecule has 0 spiro atoms. The molecule has 2 aromatic rings. The van der Waals surface area contributed by atoms with Crippen LogP contribution in [-0.2, 0) is 9.53 Å². The van der Waals surface area contributed by atoms with Gasteiger partial charge in [-0.1, -0.05) is 13.8 Å². The van der Waals surface area contributed by atoms with Gasteiger partial charge >= 0.3 is 5.97 Å². The summed E-state index contributed by atoms with van der Waals surface area (Å²) in [5.74, 6) is -0.525. The van der Waals surface area contributed by atoms with Gasteiger partial charge in [-0.25, -0.2) is 4.39 Å². The molecule has 0 saturated carbocycles. The van der Waals surface area contributed by atoms with Gasteiger partial charge < -0.3 is 9.15 Å². The van der Waals surface area contributed by atoms with E-state index in [0.29, 0.717) is 23.3 Å². The fourth-order valence-electron chi connectivity index (χ4n) is 2.14. The third kappa shape index (κ3) is 2.78. The summed E-state index contributed by atoms with van der Waals surface area (Å²) in [6, 6.07) is 6.01. The lowest BCUT2D eigenvalue weighted by Gasteiger charge is -2.16. The van der Waals surface area contributed by atoms with Gasteiger partial charge in [0.2, 0.25) is 0 Å². The Morgan fingerprint density at radius 3 is 2.74 bits per heavy atom. The first kappa shape index (κ1) is 13.6. The first-order chi connectivity index (χ1) is 9.02. The normalized spacial score (nSPS) is 12.9. The Kier molecular flexibility index (Phi) is 3.88. The van der Waals surface area contributed by atoms with Crippen LogP contribution in [0.15, 0.2) is 28.7 Å². The zero-order chi connectivity index (χ0) is 14.0. The van der Waals surface area contributed by atoms with E-state index in [4.69, 9.17) is 9.15 Å². The molecule has 1 aromatic heterocycles. The maximum atomic E-state index is 13.2. The van der Waals surface area contributed by atoms with Crippen molar-refractivity contribution in [3.63, 3.8) is 0 Å². The zero-order valence-electron chi connectivity index (χ0n) is 11.3. The van der Waals surface area contributed by atoms with Crippen molar-refractivity contribution in [3.8, 4) is 0 Å². The second-order valence-electron chi connectivity index (χ2n) is 4.80. The van der Waals surface area contributed by atoms with Gasteiger partial charge in [-0.05, 0) is 37.1 Å². The summed E-state index contributed by atoms with van der Waals surface area (Å²) < 4.78 is 23.9. The SMILES string of the molecule is CCOC(=O)C(c1cc2cc(F)ccc2o1)C(C)C. The molecule has 1 unspecified atom stereocenters. The first-order valence-corrected chi connectivity index (χ1v) is 6.38. The molecule has 1 atom stereocenters. The molecule has 0 saturated heterocycles. The van der Waals surface area contributed by atoms with E-state index in [9.17, 15) is 9.18 Å². The number of fused-ring (bicyclic) bond motifs is 1. The highest BCUT2D eigenvalue weighted by molar-refractivity contribution is 5.82. The summed E-state index contributed by atoms with van der Waals surface area (Å²) in [7, 11) is 0. The van der Waals surface area contributed by atoms with Gasteiger partial charge in [0.1, 0.15) is 23.1 Å². The molecule has 0 aliphatic heterocycles. The molecule has 0 aliphatic rings. The van der Waals surface area contributed by atoms with Crippen LogP contribution in [0.4, 0.5) is 4.39 Å². The van der Waals surface area contributed by atoms with Crippen molar-refractivity contribution in [2.75, 3.05) is 6.61 Å². The van der Waals surface area contributed by atoms with Crippen LogP contribution in [0.3, 0.4) is 0 Å². The molecule has 4 heteroatoms. The highest BCUT2D eigenvalue weighted by Gasteiger charge is 2.29. The lowest BCUT2D eigenvalue weighted by atomic mass is 9.93. The Labute approximate surface area is 111 Å². The van der Waals surface area contributed by atoms with Crippen molar-refractivity contribution in [3.05, 3.63) is 35.8 Å². The fraction of sp³-hybridized carbons (Fsp3) is 0.400. The summed E-state index contributed by atoms with van der Waals surface area (Å²) in [6.45, 7) is 5.95. The number of halogens is 1. The Hall–Kier alpha value is -1.84. The average Bonchev–Trinajstić information content (AvgIpc) is 2.71. The van der Waals surface area contributed by atoms with Crippen molar-refractivity contribution in [1.29, 1.82) is 0 Å². The number of hydrogen-bond donors (Lipinski definition) is 0. The maximum absolute atomic E-state index is 13.2. The number of carbonyl (C=O) groups is 1. The van der Waals surface area contributed by atoms with E-state index in [0.717, 1.165) is 0 Å². The van der Waals surface area contributed by atoms with Crippen LogP contribution in [0.1, 0.15) is 32.4 Å². The molecule has 102 valence electrons. The summed E-state index contributed by atoms with van der Waals surface area (Å²) in [5, 5.41) is 0.657. The van der Waals surface area contributed by atoms with E-state index in [1.807, 2.05) is 13.8 Å². The van der Waals surface area contributed by atoms with Crippen LogP contribution in [-0.4, -0.2) is 12.6 Å². The Bertz CT molecular complexity index is 586. The number of benzene rings is 1. The number of hydrogen-bond acceptors (Lipinski definition) is 3. The summed E-state index contributed by atoms with van der Waals surface area (Å²) in [4.78, 5) is 12.0. The Morgan fingerprint density at radius 2 is 2.11 bits per heavy atom. The van der Waals surface area contributed by atoms with E-state index in [1.54, 1.807) is 19.1 Å². The van der Waals surface area contributed by atoms with Gasteiger partial charge in [0.15, 0.2) is 0 Å². The summed E-state index contributed by atoms with van der Waals surface area (Å²) in [6.07, 6.45) is 0. The van der Waals surface area contributed by atoms with Crippen LogP contribution >= 0.6 is 0 Å². The Balaban J connectivity index is 2.41. The molecule has 0 N–H and O–H groups in total. The summed E-state index contributed by atoms with van der Waals surface area (Å²) in [5.41, 5.74) is 0.575. The minimum absolute atomic E-state index is 0.0458. The highest BCUT2D eigenvalue weighted by atomic mass is 19.1. The van der Waals surface area contributed by atoms with Crippen LogP contribution in [0, 0.1) is 11.7 Å². The van der Waals surface area contributed by atoms with E-state index < -0.39 is 5.92 Å². The molecular formula is C15H17FO3. The lowest BCUT2D eigenvalue weighted by molar-refractivity contribution is -0.146. The smallest absolute Gasteiger partial charge is 0.316 e. The maximum Gasteiger partial charge on any atom is 0.316 e. The summed E-state index contributed by atoms with van der Waals surface area (Å²) >= 11 is 0. The second-order valence-corrected chi connectivity index (χ2v) is 4.80. The average molecular weight is 264 g/mol. The van der Waals surface area contributed by atoms with Gasteiger partial charge in [0, 0.05) is 5.39 Å². The predicted molar refractivity (Wildman–Crippen MR) is 70.4 cm³/mol. The molecule has 0 bridgehead atoms. The number of carbonyl (C=O) groups excluding carboxylic acids is 1. The van der Waals surface area contributed by atoms with Gasteiger partial charge in [0.25, 0.3) is 0 Å². The number of rotatable bonds is 4. The van der Waals surface area contributed by atoms with Crippen molar-refractivity contribution in [1.82, 2.24) is 0 Å². The van der Waals surface area contributed by atoms with Crippen LogP contribution < -0.4 is 0 Å². The van der Waals surface area contributed by atoms with Crippen molar-refractivity contribution in [2.45, 2.75) is 26.7 Å². The van der Waals surface area contributed by atoms with Gasteiger partial charge in [-0.15, -0.1) is 0 Å². The van der Waals surface area contributed by atoms with E-state index in [1.165, 1.54) is 12.1 Å². The van der Waals surface area contributed by atoms with Gasteiger partial charge in [-0.3, -0.25) is 4.79 Å². The third-order valence-electron chi connectivity index (χ3n) is 3.01. The van der Waals surface area contributed by atoms with Crippen LogP contribution in [0.5, 0.6) is 0 Å². The monoisotopic (exact) mass is 264 g/mol. The third-order valence-corrected chi connectivity index (χ3v) is 3.01. The van der Waals surface area contributed by atoms with E-state index in [2.05, 4.69) is 0 Å². The minimum atomic E-state index is -0.463. The Morgan fingerprint density at radius 1 is 1.37 bits per heavy atom. The molecule has 1 aromatic carbocycles. The van der Waals surface area contributed by atoms with E-state index in [-0.39, 0.29) is 17.7 Å². The van der Waals surface area contributed by atoms with Crippen molar-refractivity contribution in [2.24, 2.45) is 5.92 Å². The minimum Gasteiger partial charge on any atom is -0.465 e. The largest absolute Gasteiger partial charge is 0.465 e. The highest BCUT2D eigenvalue weighted by Crippen LogP contribution is 2.31. The molecule has 0 fully saturated rings. The topological polar surface area (TPSA) is 39.4 Å². The van der Waals surface area contributed by atoms with Crippen molar-refractivity contribution >= 4 is 16.9 Å². The molecule has 0 aliphatic carbocycles. The number of furan rings is 1. The standard InChI is InChI=1S/C15H17FO3/c1-4-18-15(17)14(9(2)3)13-8-10-7-11(16)5-6-12(10)19-13/h5-9,14H,4H2,1-3H3. The van der Waals surface area contributed by atoms with Crippen molar-refractivity contribution < 1.29 is 18.3 Å². The number of esters is 1. The lowest BCUT2D eigenvalue weighted by Crippen LogP contribution is -2.20. The molecule has 1 heterocycles. The molecule has 3 nitrogen and oxygen atoms in total. The first-order valence-electron chi connectivity index (χ1n) is 6.38. The second kappa shape index (κ2) is 5.43. The quantitative estimate of drug-likeness (QED) is 0.787. The molecule has 0 amide bonds. The molecule has 2 rings (SSSR count). The van der Waals surface area contributed by atoms with Crippen LogP contribution in [0.25, 0.3) is 11.0 Å². The van der Waals surface area contributed by atoms with Crippen LogP contribution in [0.2, 0.25) is 0 Å². The molecule has 0 radical (unpaired) electrons. The number of ether oxygens (including phenoxy) is 1. The fourth-order valence-corrected chi connectivity index (χ4v) is 2.14. The van der Waals surface area contributed by atoms with Gasteiger partial charge in [-0.2, -0.15) is 0 Å². The van der Waals surface area contributed by atoms with E-state index >= 15 is 0 Å². The predicted octanol–water partition coefficient (Wildman–Crippen LogP) is 3.87.